The SMILES string of the molecule is O=S(=O)(CCNCc1ccccc1)CC1CCCO1. The summed E-state index contributed by atoms with van der Waals surface area (Å²) in [5.41, 5.74) is 1.17. The van der Waals surface area contributed by atoms with Crippen LogP contribution in [0.4, 0.5) is 0 Å². The van der Waals surface area contributed by atoms with Crippen LogP contribution in [0.25, 0.3) is 0 Å². The maximum Gasteiger partial charge on any atom is 0.154 e. The van der Waals surface area contributed by atoms with Gasteiger partial charge in [-0.05, 0) is 18.4 Å². The highest BCUT2D eigenvalue weighted by atomic mass is 32.2. The van der Waals surface area contributed by atoms with E-state index in [2.05, 4.69) is 5.32 Å². The van der Waals surface area contributed by atoms with Gasteiger partial charge >= 0.3 is 0 Å². The summed E-state index contributed by atoms with van der Waals surface area (Å²) in [6.45, 7) is 1.90. The Labute approximate surface area is 115 Å². The zero-order chi connectivity index (χ0) is 13.6. The van der Waals surface area contributed by atoms with E-state index in [1.165, 1.54) is 5.56 Å². The van der Waals surface area contributed by atoms with Gasteiger partial charge < -0.3 is 10.1 Å². The number of sulfone groups is 1. The molecule has 1 saturated heterocycles. The second-order valence-corrected chi connectivity index (χ2v) is 7.14. The van der Waals surface area contributed by atoms with Crippen molar-refractivity contribution in [3.63, 3.8) is 0 Å². The minimum Gasteiger partial charge on any atom is -0.377 e. The minimum absolute atomic E-state index is 0.0841. The fourth-order valence-electron chi connectivity index (χ4n) is 2.20. The summed E-state index contributed by atoms with van der Waals surface area (Å²) in [7, 11) is -3.01. The first kappa shape index (κ1) is 14.5. The maximum absolute atomic E-state index is 11.9. The lowest BCUT2D eigenvalue weighted by Gasteiger charge is -2.10. The maximum atomic E-state index is 11.9. The first-order valence-corrected chi connectivity index (χ1v) is 8.54. The average Bonchev–Trinajstić information content (AvgIpc) is 2.88. The standard InChI is InChI=1S/C14H21NO3S/c16-19(17,12-14-7-4-9-18-14)10-8-15-11-13-5-2-1-3-6-13/h1-3,5-6,14-15H,4,7-12H2. The molecule has 1 atom stereocenters. The predicted molar refractivity (Wildman–Crippen MR) is 75.8 cm³/mol. The van der Waals surface area contributed by atoms with Crippen molar-refractivity contribution in [2.45, 2.75) is 25.5 Å². The molecule has 0 saturated carbocycles. The van der Waals surface area contributed by atoms with E-state index >= 15 is 0 Å². The quantitative estimate of drug-likeness (QED) is 0.768. The van der Waals surface area contributed by atoms with Crippen LogP contribution >= 0.6 is 0 Å². The van der Waals surface area contributed by atoms with Gasteiger partial charge in [0.15, 0.2) is 9.84 Å². The van der Waals surface area contributed by atoms with Crippen LogP contribution in [0.3, 0.4) is 0 Å². The van der Waals surface area contributed by atoms with Gasteiger partial charge in [-0.15, -0.1) is 0 Å². The molecular formula is C14H21NO3S. The number of benzene rings is 1. The highest BCUT2D eigenvalue weighted by molar-refractivity contribution is 7.91. The molecule has 5 heteroatoms. The van der Waals surface area contributed by atoms with Gasteiger partial charge in [-0.3, -0.25) is 0 Å². The highest BCUT2D eigenvalue weighted by Gasteiger charge is 2.22. The number of hydrogen-bond donors (Lipinski definition) is 1. The minimum atomic E-state index is -3.01. The topological polar surface area (TPSA) is 55.4 Å². The molecule has 106 valence electrons. The van der Waals surface area contributed by atoms with E-state index in [1.807, 2.05) is 30.3 Å². The Balaban J connectivity index is 1.66. The van der Waals surface area contributed by atoms with Gasteiger partial charge in [0.1, 0.15) is 0 Å². The summed E-state index contributed by atoms with van der Waals surface area (Å²) in [6.07, 6.45) is 1.77. The van der Waals surface area contributed by atoms with Crippen molar-refractivity contribution in [1.29, 1.82) is 0 Å². The van der Waals surface area contributed by atoms with Crippen LogP contribution in [-0.2, 0) is 21.1 Å². The van der Waals surface area contributed by atoms with Crippen LogP contribution in [0.5, 0.6) is 0 Å². The third-order valence-corrected chi connectivity index (χ3v) is 4.93. The van der Waals surface area contributed by atoms with Gasteiger partial charge in [0.05, 0.1) is 17.6 Å². The van der Waals surface area contributed by atoms with Crippen LogP contribution in [0.2, 0.25) is 0 Å². The molecule has 1 aliphatic rings. The van der Waals surface area contributed by atoms with E-state index in [4.69, 9.17) is 4.74 Å². The van der Waals surface area contributed by atoms with Gasteiger partial charge in [-0.2, -0.15) is 0 Å². The molecule has 0 radical (unpaired) electrons. The van der Waals surface area contributed by atoms with Gasteiger partial charge in [0, 0.05) is 19.7 Å². The Morgan fingerprint density at radius 3 is 2.74 bits per heavy atom. The summed E-state index contributed by atoms with van der Waals surface area (Å²) in [6, 6.07) is 9.97. The number of nitrogens with one attached hydrogen (secondary N) is 1. The lowest BCUT2D eigenvalue weighted by Crippen LogP contribution is -2.28. The Kier molecular flexibility index (Phi) is 5.36. The monoisotopic (exact) mass is 283 g/mol. The van der Waals surface area contributed by atoms with Crippen LogP contribution in [0.1, 0.15) is 18.4 Å². The van der Waals surface area contributed by atoms with E-state index in [1.54, 1.807) is 0 Å². The molecule has 1 aromatic rings. The summed E-state index contributed by atoms with van der Waals surface area (Å²) >= 11 is 0. The second kappa shape index (κ2) is 7.03. The summed E-state index contributed by atoms with van der Waals surface area (Å²) < 4.78 is 29.1. The number of hydrogen-bond acceptors (Lipinski definition) is 4. The Bertz CT molecular complexity index is 467. The Hall–Kier alpha value is -0.910. The van der Waals surface area contributed by atoms with E-state index in [0.717, 1.165) is 12.8 Å². The normalized spacial score (nSPS) is 19.7. The molecule has 1 N–H and O–H groups in total. The molecule has 0 aliphatic carbocycles. The van der Waals surface area contributed by atoms with Crippen molar-refractivity contribution in [3.8, 4) is 0 Å². The second-order valence-electron chi connectivity index (χ2n) is 4.91. The van der Waals surface area contributed by atoms with Crippen LogP contribution in [0, 0.1) is 0 Å². The molecule has 1 fully saturated rings. The van der Waals surface area contributed by atoms with Crippen LogP contribution in [0.15, 0.2) is 30.3 Å². The Morgan fingerprint density at radius 2 is 2.05 bits per heavy atom. The third kappa shape index (κ3) is 5.30. The van der Waals surface area contributed by atoms with E-state index in [0.29, 0.717) is 19.7 Å². The summed E-state index contributed by atoms with van der Waals surface area (Å²) in [5, 5.41) is 3.16. The lowest BCUT2D eigenvalue weighted by molar-refractivity contribution is 0.127. The zero-order valence-electron chi connectivity index (χ0n) is 11.0. The number of ether oxygens (including phenoxy) is 1. The van der Waals surface area contributed by atoms with E-state index in [-0.39, 0.29) is 17.6 Å². The molecule has 1 heterocycles. The van der Waals surface area contributed by atoms with Crippen LogP contribution in [-0.4, -0.2) is 39.2 Å². The van der Waals surface area contributed by atoms with Crippen molar-refractivity contribution in [1.82, 2.24) is 5.32 Å². The van der Waals surface area contributed by atoms with E-state index < -0.39 is 9.84 Å². The smallest absolute Gasteiger partial charge is 0.154 e. The predicted octanol–water partition coefficient (Wildman–Crippen LogP) is 1.37. The van der Waals surface area contributed by atoms with Crippen LogP contribution < -0.4 is 5.32 Å². The molecule has 0 spiro atoms. The molecule has 1 aromatic carbocycles. The van der Waals surface area contributed by atoms with Gasteiger partial charge in [0.25, 0.3) is 0 Å². The van der Waals surface area contributed by atoms with Crippen molar-refractivity contribution >= 4 is 9.84 Å². The summed E-state index contributed by atoms with van der Waals surface area (Å²) in [4.78, 5) is 0. The fraction of sp³-hybridized carbons (Fsp3) is 0.571. The highest BCUT2D eigenvalue weighted by Crippen LogP contribution is 2.14. The number of rotatable bonds is 7. The fourth-order valence-corrected chi connectivity index (χ4v) is 3.65. The van der Waals surface area contributed by atoms with Crippen molar-refractivity contribution in [2.75, 3.05) is 24.7 Å². The average molecular weight is 283 g/mol. The van der Waals surface area contributed by atoms with Crippen molar-refractivity contribution in [2.24, 2.45) is 0 Å². The molecule has 1 unspecified atom stereocenters. The molecule has 1 aliphatic heterocycles. The van der Waals surface area contributed by atoms with Gasteiger partial charge in [0.2, 0.25) is 0 Å². The molecule has 2 rings (SSSR count). The molecule has 0 bridgehead atoms. The van der Waals surface area contributed by atoms with Gasteiger partial charge in [-0.25, -0.2) is 8.42 Å². The van der Waals surface area contributed by atoms with Crippen molar-refractivity contribution < 1.29 is 13.2 Å². The largest absolute Gasteiger partial charge is 0.377 e. The Morgan fingerprint density at radius 1 is 1.26 bits per heavy atom. The van der Waals surface area contributed by atoms with Gasteiger partial charge in [-0.1, -0.05) is 30.3 Å². The molecule has 4 nitrogen and oxygen atoms in total. The lowest BCUT2D eigenvalue weighted by atomic mass is 10.2. The first-order valence-electron chi connectivity index (χ1n) is 6.72. The van der Waals surface area contributed by atoms with E-state index in [9.17, 15) is 8.42 Å². The zero-order valence-corrected chi connectivity index (χ0v) is 11.9. The molecule has 0 amide bonds. The molecule has 0 aromatic heterocycles. The first-order chi connectivity index (χ1) is 9.16. The summed E-state index contributed by atoms with van der Waals surface area (Å²) in [5.74, 6) is 0.347. The van der Waals surface area contributed by atoms with Crippen molar-refractivity contribution in [3.05, 3.63) is 35.9 Å². The third-order valence-electron chi connectivity index (χ3n) is 3.23. The molecular weight excluding hydrogens is 262 g/mol. The molecule has 19 heavy (non-hydrogen) atoms.